The molecule has 1 N–H and O–H groups in total. The van der Waals surface area contributed by atoms with E-state index in [1.807, 2.05) is 0 Å². The van der Waals surface area contributed by atoms with E-state index in [9.17, 15) is 13.2 Å². The molecule has 76 valence electrons. The molecule has 13 heavy (non-hydrogen) atoms. The van der Waals surface area contributed by atoms with E-state index in [0.717, 1.165) is 0 Å². The number of hydrogen-bond acceptors (Lipinski definition) is 4. The Morgan fingerprint density at radius 1 is 1.38 bits per heavy atom. The third kappa shape index (κ3) is 5.20. The van der Waals surface area contributed by atoms with Gasteiger partial charge in [-0.05, 0) is 0 Å². The number of nitrogens with one attached hydrogen (secondary N) is 1. The highest BCUT2D eigenvalue weighted by Gasteiger charge is 2.36. The van der Waals surface area contributed by atoms with E-state index >= 15 is 0 Å². The Bertz CT molecular complexity index is 300. The smallest absolute Gasteiger partial charge is 0.485 e. The number of H-pyrrole nitrogens is 1. The zero-order valence-electron chi connectivity index (χ0n) is 5.95. The van der Waals surface area contributed by atoms with Gasteiger partial charge in [0.25, 0.3) is 0 Å². The molecule has 0 fully saturated rings. The van der Waals surface area contributed by atoms with Gasteiger partial charge in [-0.1, -0.05) is 0 Å². The van der Waals surface area contributed by atoms with Crippen LogP contribution in [0.5, 0.6) is 0 Å². The average molecular weight is 217 g/mol. The first-order valence-electron chi connectivity index (χ1n) is 2.70. The Balaban J connectivity index is 0.000000243. The molecule has 1 heterocycles. The molecule has 9 heteroatoms. The normalized spacial score (nSPS) is 11.7. The molecular weight excluding hydrogens is 213 g/mol. The van der Waals surface area contributed by atoms with Gasteiger partial charge in [-0.3, -0.25) is 0 Å². The fourth-order valence-electron chi connectivity index (χ4n) is 0.215. The molecule has 1 aromatic rings. The minimum atomic E-state index is -6.09. The molecule has 0 aliphatic heterocycles. The van der Waals surface area contributed by atoms with E-state index < -0.39 is 15.6 Å². The lowest BCUT2D eigenvalue weighted by Gasteiger charge is -2.08. The quantitative estimate of drug-likeness (QED) is 0.505. The number of nitrogens with zero attached hydrogens (tertiary/aromatic N) is 1. The Morgan fingerprint density at radius 3 is 1.92 bits per heavy atom. The van der Waals surface area contributed by atoms with Gasteiger partial charge in [0.15, 0.2) is 10.1 Å². The van der Waals surface area contributed by atoms with Gasteiger partial charge >= 0.3 is 5.51 Å². The van der Waals surface area contributed by atoms with Gasteiger partial charge in [0.1, 0.15) is 0 Å². The summed E-state index contributed by atoms with van der Waals surface area (Å²) < 4.78 is 58.9. The minimum Gasteiger partial charge on any atom is -0.741 e. The molecule has 1 rings (SSSR count). The molecule has 0 atom stereocenters. The van der Waals surface area contributed by atoms with E-state index in [0.29, 0.717) is 0 Å². The number of hydrogen-bond donors (Lipinski definition) is 1. The molecule has 0 aliphatic carbocycles. The van der Waals surface area contributed by atoms with Crippen LogP contribution in [0.2, 0.25) is 0 Å². The Kier molecular flexibility index (Phi) is 3.88. The molecule has 0 spiro atoms. The van der Waals surface area contributed by atoms with Gasteiger partial charge in [-0.15, -0.1) is 0 Å². The second kappa shape index (κ2) is 4.23. The van der Waals surface area contributed by atoms with Crippen LogP contribution in [0, 0.1) is 0 Å². The number of aromatic nitrogens is 2. The van der Waals surface area contributed by atoms with Crippen LogP contribution >= 0.6 is 0 Å². The number of imidazole rings is 1. The topological polar surface area (TPSA) is 85.9 Å². The third-order valence-corrected chi connectivity index (χ3v) is 1.26. The van der Waals surface area contributed by atoms with Crippen molar-refractivity contribution in [2.45, 2.75) is 5.51 Å². The minimum absolute atomic E-state index is 1.62. The summed E-state index contributed by atoms with van der Waals surface area (Å²) in [5.41, 5.74) is -5.65. The fourth-order valence-corrected chi connectivity index (χ4v) is 0.215. The van der Waals surface area contributed by atoms with Crippen LogP contribution in [0.3, 0.4) is 0 Å². The first-order chi connectivity index (χ1) is 5.75. The van der Waals surface area contributed by atoms with Crippen LogP contribution in [0.1, 0.15) is 0 Å². The Labute approximate surface area is 71.4 Å². The monoisotopic (exact) mass is 217 g/mol. The van der Waals surface area contributed by atoms with Gasteiger partial charge in [0, 0.05) is 12.4 Å². The zero-order valence-corrected chi connectivity index (χ0v) is 6.76. The molecule has 0 amide bonds. The van der Waals surface area contributed by atoms with Crippen LogP contribution < -0.4 is 0 Å². The zero-order chi connectivity index (χ0) is 10.5. The van der Waals surface area contributed by atoms with Gasteiger partial charge in [-0.2, -0.15) is 13.2 Å². The Hall–Kier alpha value is -1.09. The lowest BCUT2D eigenvalue weighted by Crippen LogP contribution is -2.21. The van der Waals surface area contributed by atoms with Gasteiger partial charge < -0.3 is 9.54 Å². The molecule has 0 saturated heterocycles. The highest BCUT2D eigenvalue weighted by atomic mass is 32.2. The third-order valence-electron chi connectivity index (χ3n) is 0.689. The van der Waals surface area contributed by atoms with Crippen LogP contribution in [0.4, 0.5) is 13.2 Å². The number of halogens is 3. The van der Waals surface area contributed by atoms with Crippen molar-refractivity contribution in [3.8, 4) is 0 Å². The van der Waals surface area contributed by atoms with Crippen LogP contribution in [0.25, 0.3) is 0 Å². The first kappa shape index (κ1) is 11.9. The van der Waals surface area contributed by atoms with Crippen molar-refractivity contribution >= 4 is 10.1 Å². The van der Waals surface area contributed by atoms with E-state index in [2.05, 4.69) is 9.97 Å². The fraction of sp³-hybridized carbons (Fsp3) is 0.250. The SMILES string of the molecule is O=S(=O)([O-])C(F)(F)F.c1c[nH]cn1. The first-order valence-corrected chi connectivity index (χ1v) is 4.11. The molecule has 0 radical (unpaired) electrons. The maximum Gasteiger partial charge on any atom is 0.485 e. The summed E-state index contributed by atoms with van der Waals surface area (Å²) in [5, 5.41) is 0. The lowest BCUT2D eigenvalue weighted by molar-refractivity contribution is -0.0517. The molecule has 5 nitrogen and oxygen atoms in total. The van der Waals surface area contributed by atoms with Gasteiger partial charge in [0.05, 0.1) is 6.33 Å². The highest BCUT2D eigenvalue weighted by molar-refractivity contribution is 7.86. The van der Waals surface area contributed by atoms with E-state index in [-0.39, 0.29) is 0 Å². The predicted octanol–water partition coefficient (Wildman–Crippen LogP) is 0.461. The maximum absolute atomic E-state index is 10.7. The summed E-state index contributed by atoms with van der Waals surface area (Å²) in [6, 6.07) is 0. The van der Waals surface area contributed by atoms with Crippen LogP contribution in [-0.4, -0.2) is 28.4 Å². The van der Waals surface area contributed by atoms with E-state index in [1.165, 1.54) is 0 Å². The summed E-state index contributed by atoms with van der Waals surface area (Å²) in [6.07, 6.45) is 5.08. The van der Waals surface area contributed by atoms with E-state index in [1.54, 1.807) is 18.7 Å². The molecule has 1 aromatic heterocycles. The molecule has 0 unspecified atom stereocenters. The molecular formula is C4H4F3N2O3S-. The van der Waals surface area contributed by atoms with Crippen molar-refractivity contribution < 1.29 is 26.1 Å². The van der Waals surface area contributed by atoms with Gasteiger partial charge in [-0.25, -0.2) is 13.4 Å². The predicted molar refractivity (Wildman–Crippen MR) is 34.3 cm³/mol. The second-order valence-electron chi connectivity index (χ2n) is 1.66. The van der Waals surface area contributed by atoms with Crippen molar-refractivity contribution in [3.63, 3.8) is 0 Å². The number of aromatic amines is 1. The number of rotatable bonds is 0. The summed E-state index contributed by atoms with van der Waals surface area (Å²) in [5.74, 6) is 0. The van der Waals surface area contributed by atoms with Crippen molar-refractivity contribution in [1.29, 1.82) is 0 Å². The summed E-state index contributed by atoms with van der Waals surface area (Å²) in [4.78, 5) is 6.42. The molecule has 0 saturated carbocycles. The van der Waals surface area contributed by atoms with E-state index in [4.69, 9.17) is 13.0 Å². The van der Waals surface area contributed by atoms with Crippen LogP contribution in [-0.2, 0) is 10.1 Å². The standard InChI is InChI=1S/C3H4N2.CHF3O3S/c1-2-5-3-4-1;2-1(3,4)8(5,6)7/h1-3H,(H,4,5);(H,5,6,7)/p-1. The molecule has 0 bridgehead atoms. The molecule has 0 aliphatic rings. The van der Waals surface area contributed by atoms with Crippen molar-refractivity contribution in [2.75, 3.05) is 0 Å². The van der Waals surface area contributed by atoms with Crippen molar-refractivity contribution in [3.05, 3.63) is 18.7 Å². The van der Waals surface area contributed by atoms with Gasteiger partial charge in [0.2, 0.25) is 0 Å². The molecule has 0 aromatic carbocycles. The Morgan fingerprint density at radius 2 is 1.85 bits per heavy atom. The average Bonchev–Trinajstić information content (AvgIpc) is 2.35. The highest BCUT2D eigenvalue weighted by Crippen LogP contribution is 2.20. The maximum atomic E-state index is 10.7. The lowest BCUT2D eigenvalue weighted by atomic mass is 11.0. The van der Waals surface area contributed by atoms with Crippen molar-refractivity contribution in [1.82, 2.24) is 9.97 Å². The largest absolute Gasteiger partial charge is 0.741 e. The summed E-state index contributed by atoms with van der Waals surface area (Å²) >= 11 is 0. The summed E-state index contributed by atoms with van der Waals surface area (Å²) in [7, 11) is -6.09. The second-order valence-corrected chi connectivity index (χ2v) is 3.03. The number of alkyl halides is 3. The summed E-state index contributed by atoms with van der Waals surface area (Å²) in [6.45, 7) is 0. The van der Waals surface area contributed by atoms with Crippen LogP contribution in [0.15, 0.2) is 18.7 Å². The van der Waals surface area contributed by atoms with Crippen molar-refractivity contribution in [2.24, 2.45) is 0 Å².